The van der Waals surface area contributed by atoms with Crippen LogP contribution in [-0.2, 0) is 16.1 Å². The van der Waals surface area contributed by atoms with Gasteiger partial charge in [-0.2, -0.15) is 0 Å². The number of esters is 1. The van der Waals surface area contributed by atoms with Crippen LogP contribution in [0.15, 0.2) is 42.5 Å². The van der Waals surface area contributed by atoms with Crippen molar-refractivity contribution in [1.29, 1.82) is 0 Å². The number of hydrogen-bond donors (Lipinski definition) is 0. The highest BCUT2D eigenvalue weighted by Gasteiger charge is 2.31. The molecule has 3 rings (SSSR count). The molecule has 0 fully saturated rings. The number of hydrogen-bond acceptors (Lipinski definition) is 4. The Labute approximate surface area is 157 Å². The molecule has 1 heterocycles. The molecule has 0 saturated carbocycles. The molecule has 0 spiro atoms. The van der Waals surface area contributed by atoms with Crippen LogP contribution in [0.25, 0.3) is 0 Å². The number of ether oxygens (including phenoxy) is 2. The maximum atomic E-state index is 12.6. The highest BCUT2D eigenvalue weighted by molar-refractivity contribution is 6.31. The summed E-state index contributed by atoms with van der Waals surface area (Å²) in [5.41, 5.74) is 1.92. The minimum atomic E-state index is -0.582. The molecule has 5 nitrogen and oxygen atoms in total. The molecule has 136 valence electrons. The van der Waals surface area contributed by atoms with Crippen LogP contribution in [0.4, 0.5) is 5.69 Å². The van der Waals surface area contributed by atoms with Crippen LogP contribution < -0.4 is 9.64 Å². The molecule has 0 aromatic heterocycles. The minimum absolute atomic E-state index is 0.154. The zero-order chi connectivity index (χ0) is 18.7. The molecule has 26 heavy (non-hydrogen) atoms. The lowest BCUT2D eigenvalue weighted by Crippen LogP contribution is -2.44. The van der Waals surface area contributed by atoms with Gasteiger partial charge in [-0.05, 0) is 49.2 Å². The zero-order valence-electron chi connectivity index (χ0n) is 14.7. The smallest absolute Gasteiger partial charge is 0.338 e. The second-order valence-corrected chi connectivity index (χ2v) is 6.57. The summed E-state index contributed by atoms with van der Waals surface area (Å²) in [4.78, 5) is 26.3. The fourth-order valence-electron chi connectivity index (χ4n) is 2.80. The summed E-state index contributed by atoms with van der Waals surface area (Å²) >= 11 is 6.09. The van der Waals surface area contributed by atoms with Crippen molar-refractivity contribution in [2.75, 3.05) is 11.5 Å². The van der Waals surface area contributed by atoms with Crippen LogP contribution in [0.2, 0.25) is 5.02 Å². The summed E-state index contributed by atoms with van der Waals surface area (Å²) in [7, 11) is 0. The van der Waals surface area contributed by atoms with Crippen molar-refractivity contribution >= 4 is 29.2 Å². The molecule has 1 amide bonds. The Kier molecular flexibility index (Phi) is 5.47. The molecule has 0 radical (unpaired) electrons. The zero-order valence-corrected chi connectivity index (χ0v) is 15.5. The predicted octanol–water partition coefficient (Wildman–Crippen LogP) is 4.22. The third-order valence-electron chi connectivity index (χ3n) is 4.07. The normalized spacial score (nSPS) is 16.0. The van der Waals surface area contributed by atoms with Gasteiger partial charge in [0.2, 0.25) is 0 Å². The van der Waals surface area contributed by atoms with E-state index in [2.05, 4.69) is 0 Å². The minimum Gasteiger partial charge on any atom is -0.479 e. The van der Waals surface area contributed by atoms with Crippen LogP contribution in [0.1, 0.15) is 36.2 Å². The number of nitrogens with zero attached hydrogens (tertiary/aromatic N) is 1. The van der Waals surface area contributed by atoms with Gasteiger partial charge in [0.25, 0.3) is 5.91 Å². The van der Waals surface area contributed by atoms with Crippen molar-refractivity contribution in [2.24, 2.45) is 0 Å². The van der Waals surface area contributed by atoms with Gasteiger partial charge in [0.1, 0.15) is 5.75 Å². The first-order valence-electron chi connectivity index (χ1n) is 8.53. The Balaban J connectivity index is 1.88. The van der Waals surface area contributed by atoms with Crippen molar-refractivity contribution in [3.8, 4) is 5.75 Å². The van der Waals surface area contributed by atoms with Crippen molar-refractivity contribution in [2.45, 2.75) is 32.9 Å². The fraction of sp³-hybridized carbons (Fsp3) is 0.300. The van der Waals surface area contributed by atoms with Gasteiger partial charge >= 0.3 is 5.97 Å². The third-order valence-corrected chi connectivity index (χ3v) is 4.31. The monoisotopic (exact) mass is 373 g/mol. The molecule has 6 heteroatoms. The first kappa shape index (κ1) is 18.3. The van der Waals surface area contributed by atoms with Crippen LogP contribution >= 0.6 is 11.6 Å². The van der Waals surface area contributed by atoms with Crippen molar-refractivity contribution in [3.63, 3.8) is 0 Å². The summed E-state index contributed by atoms with van der Waals surface area (Å²) < 4.78 is 10.8. The molecule has 0 N–H and O–H groups in total. The second kappa shape index (κ2) is 7.79. The van der Waals surface area contributed by atoms with Crippen LogP contribution in [-0.4, -0.2) is 24.6 Å². The Morgan fingerprint density at radius 2 is 2.08 bits per heavy atom. The van der Waals surface area contributed by atoms with Gasteiger partial charge in [-0.1, -0.05) is 30.7 Å². The third kappa shape index (κ3) is 3.83. The van der Waals surface area contributed by atoms with Gasteiger partial charge in [0.15, 0.2) is 6.10 Å². The van der Waals surface area contributed by atoms with E-state index < -0.39 is 6.10 Å². The molecule has 1 atom stereocenters. The first-order chi connectivity index (χ1) is 12.5. The topological polar surface area (TPSA) is 55.8 Å². The van der Waals surface area contributed by atoms with Crippen molar-refractivity contribution in [1.82, 2.24) is 0 Å². The van der Waals surface area contributed by atoms with Gasteiger partial charge in [0, 0.05) is 5.02 Å². The second-order valence-electron chi connectivity index (χ2n) is 6.13. The largest absolute Gasteiger partial charge is 0.479 e. The Hall–Kier alpha value is -2.53. The summed E-state index contributed by atoms with van der Waals surface area (Å²) in [6, 6.07) is 12.3. The highest BCUT2D eigenvalue weighted by Crippen LogP contribution is 2.37. The Morgan fingerprint density at radius 1 is 1.27 bits per heavy atom. The average Bonchev–Trinajstić information content (AvgIpc) is 2.64. The maximum absolute atomic E-state index is 12.6. The van der Waals surface area contributed by atoms with Gasteiger partial charge in [0.05, 0.1) is 24.4 Å². The van der Waals surface area contributed by atoms with Crippen LogP contribution in [0.3, 0.4) is 0 Å². The van der Waals surface area contributed by atoms with E-state index in [1.807, 2.05) is 13.0 Å². The molecule has 0 bridgehead atoms. The fourth-order valence-corrected chi connectivity index (χ4v) is 2.97. The summed E-state index contributed by atoms with van der Waals surface area (Å²) in [5, 5.41) is 0.525. The van der Waals surface area contributed by atoms with Gasteiger partial charge < -0.3 is 14.4 Å². The molecule has 1 aliphatic heterocycles. The number of halogens is 1. The summed E-state index contributed by atoms with van der Waals surface area (Å²) in [5.74, 6) is 0.0950. The number of fused-ring (bicyclic) bond motifs is 1. The molecular weight excluding hydrogens is 354 g/mol. The average molecular weight is 374 g/mol. The molecule has 2 aromatic rings. The van der Waals surface area contributed by atoms with Crippen molar-refractivity contribution in [3.05, 3.63) is 58.6 Å². The van der Waals surface area contributed by atoms with E-state index in [1.165, 1.54) is 0 Å². The number of anilines is 1. The lowest BCUT2D eigenvalue weighted by molar-refractivity contribution is -0.125. The van der Waals surface area contributed by atoms with Gasteiger partial charge in [-0.25, -0.2) is 4.79 Å². The van der Waals surface area contributed by atoms with Gasteiger partial charge in [-0.3, -0.25) is 4.79 Å². The van der Waals surface area contributed by atoms with E-state index in [0.717, 1.165) is 12.0 Å². The maximum Gasteiger partial charge on any atom is 0.338 e. The number of rotatable bonds is 5. The predicted molar refractivity (Wildman–Crippen MR) is 99.7 cm³/mol. The van der Waals surface area contributed by atoms with E-state index in [-0.39, 0.29) is 11.9 Å². The lowest BCUT2D eigenvalue weighted by atomic mass is 10.1. The summed E-state index contributed by atoms with van der Waals surface area (Å²) in [6.45, 7) is 4.35. The molecule has 1 aliphatic rings. The van der Waals surface area contributed by atoms with E-state index in [0.29, 0.717) is 35.2 Å². The number of carbonyl (C=O) groups is 2. The molecule has 0 saturated heterocycles. The number of carbonyl (C=O) groups excluding carboxylic acids is 2. The highest BCUT2D eigenvalue weighted by atomic mass is 35.5. The van der Waals surface area contributed by atoms with E-state index >= 15 is 0 Å². The number of benzene rings is 2. The van der Waals surface area contributed by atoms with Crippen LogP contribution in [0.5, 0.6) is 5.75 Å². The van der Waals surface area contributed by atoms with E-state index in [9.17, 15) is 9.59 Å². The standard InChI is InChI=1S/C20H20ClNO4/c1-3-9-25-20(24)15-6-4-5-14(10-15)12-22-17-11-16(21)7-8-18(17)26-13(2)19(22)23/h4-8,10-11,13H,3,9,12H2,1-2H3. The van der Waals surface area contributed by atoms with E-state index in [4.69, 9.17) is 21.1 Å². The molecule has 0 aliphatic carbocycles. The summed E-state index contributed by atoms with van der Waals surface area (Å²) in [6.07, 6.45) is 0.185. The van der Waals surface area contributed by atoms with Crippen molar-refractivity contribution < 1.29 is 19.1 Å². The molecule has 2 aromatic carbocycles. The SMILES string of the molecule is CCCOC(=O)c1cccc(CN2C(=O)C(C)Oc3ccc(Cl)cc32)c1. The molecule has 1 unspecified atom stereocenters. The van der Waals surface area contributed by atoms with Crippen LogP contribution in [0, 0.1) is 0 Å². The number of amides is 1. The Bertz CT molecular complexity index is 836. The quantitative estimate of drug-likeness (QED) is 0.736. The Morgan fingerprint density at radius 3 is 2.85 bits per heavy atom. The molecular formula is C20H20ClNO4. The lowest BCUT2D eigenvalue weighted by Gasteiger charge is -2.33. The van der Waals surface area contributed by atoms with Gasteiger partial charge in [-0.15, -0.1) is 0 Å². The first-order valence-corrected chi connectivity index (χ1v) is 8.91. The van der Waals surface area contributed by atoms with E-state index in [1.54, 1.807) is 48.2 Å².